The molecule has 1 aromatic rings. The normalized spacial score (nSPS) is 10.6. The maximum atomic E-state index is 10.8. The van der Waals surface area contributed by atoms with Crippen molar-refractivity contribution in [2.45, 2.75) is 20.8 Å². The number of hydrogen-bond donors (Lipinski definition) is 0. The van der Waals surface area contributed by atoms with E-state index in [0.29, 0.717) is 18.8 Å². The summed E-state index contributed by atoms with van der Waals surface area (Å²) in [6, 6.07) is 5.76. The number of anilines is 1. The van der Waals surface area contributed by atoms with E-state index in [2.05, 4.69) is 4.90 Å². The maximum Gasteiger partial charge on any atom is 0.150 e. The summed E-state index contributed by atoms with van der Waals surface area (Å²) in [5.41, 5.74) is 2.94. The van der Waals surface area contributed by atoms with E-state index in [1.165, 1.54) is 0 Å². The number of benzene rings is 1. The second-order valence-corrected chi connectivity index (χ2v) is 4.54. The van der Waals surface area contributed by atoms with Gasteiger partial charge in [-0.05, 0) is 44.5 Å². The lowest BCUT2D eigenvalue weighted by molar-refractivity contribution is 0.112. The number of hydrogen-bond acceptors (Lipinski definition) is 4. The Kier molecular flexibility index (Phi) is 7.92. The molecule has 4 heteroatoms. The summed E-state index contributed by atoms with van der Waals surface area (Å²) in [6.07, 6.45) is 0.876. The van der Waals surface area contributed by atoms with Gasteiger partial charge in [-0.25, -0.2) is 0 Å². The first kappa shape index (κ1) is 16.7. The van der Waals surface area contributed by atoms with Crippen LogP contribution in [0.25, 0.3) is 0 Å². The van der Waals surface area contributed by atoms with Crippen molar-refractivity contribution < 1.29 is 14.3 Å². The van der Waals surface area contributed by atoms with Crippen molar-refractivity contribution >= 4 is 12.0 Å². The summed E-state index contributed by atoms with van der Waals surface area (Å²) in [4.78, 5) is 13.1. The Morgan fingerprint density at radius 3 is 2.15 bits per heavy atom. The van der Waals surface area contributed by atoms with E-state index in [9.17, 15) is 4.79 Å². The third-order valence-electron chi connectivity index (χ3n) is 3.12. The van der Waals surface area contributed by atoms with Crippen LogP contribution < -0.4 is 4.90 Å². The summed E-state index contributed by atoms with van der Waals surface area (Å²) in [5, 5.41) is 0. The fourth-order valence-corrected chi connectivity index (χ4v) is 2.10. The largest absolute Gasteiger partial charge is 0.380 e. The molecular formula is C16H25NO3. The second-order valence-electron chi connectivity index (χ2n) is 4.54. The third-order valence-corrected chi connectivity index (χ3v) is 3.12. The molecule has 0 aromatic heterocycles. The molecule has 0 amide bonds. The first-order chi connectivity index (χ1) is 9.72. The number of aryl methyl sites for hydroxylation is 1. The molecule has 0 fully saturated rings. The molecule has 0 N–H and O–H groups in total. The Labute approximate surface area is 121 Å². The van der Waals surface area contributed by atoms with Gasteiger partial charge in [0, 0.05) is 37.6 Å². The molecule has 0 aliphatic rings. The molecule has 0 heterocycles. The lowest BCUT2D eigenvalue weighted by atomic mass is 10.1. The summed E-state index contributed by atoms with van der Waals surface area (Å²) in [5.74, 6) is 0. The number of ether oxygens (including phenoxy) is 2. The molecule has 20 heavy (non-hydrogen) atoms. The van der Waals surface area contributed by atoms with E-state index in [4.69, 9.17) is 9.47 Å². The zero-order valence-electron chi connectivity index (χ0n) is 12.7. The number of carbonyl (C=O) groups is 1. The molecule has 0 bridgehead atoms. The van der Waals surface area contributed by atoms with E-state index in [1.54, 1.807) is 0 Å². The van der Waals surface area contributed by atoms with Crippen molar-refractivity contribution in [3.63, 3.8) is 0 Å². The highest BCUT2D eigenvalue weighted by Crippen LogP contribution is 2.20. The summed E-state index contributed by atoms with van der Waals surface area (Å²) >= 11 is 0. The fourth-order valence-electron chi connectivity index (χ4n) is 2.10. The minimum Gasteiger partial charge on any atom is -0.380 e. The average Bonchev–Trinajstić information content (AvgIpc) is 2.46. The van der Waals surface area contributed by atoms with Gasteiger partial charge in [0.15, 0.2) is 0 Å². The SMILES string of the molecule is CCOCCN(CCOCC)c1ccc(C=O)cc1C. The fraction of sp³-hybridized carbons (Fsp3) is 0.562. The standard InChI is InChI=1S/C16H25NO3/c1-4-19-10-8-17(9-11-20-5-2)16-7-6-15(13-18)12-14(16)3/h6-7,12-13H,4-5,8-11H2,1-3H3. The molecule has 0 unspecified atom stereocenters. The second kappa shape index (κ2) is 9.50. The highest BCUT2D eigenvalue weighted by Gasteiger charge is 2.09. The van der Waals surface area contributed by atoms with Gasteiger partial charge in [0.2, 0.25) is 0 Å². The van der Waals surface area contributed by atoms with Gasteiger partial charge in [-0.2, -0.15) is 0 Å². The van der Waals surface area contributed by atoms with E-state index in [1.807, 2.05) is 39.0 Å². The smallest absolute Gasteiger partial charge is 0.150 e. The van der Waals surface area contributed by atoms with Gasteiger partial charge in [-0.3, -0.25) is 4.79 Å². The molecule has 1 aromatic carbocycles. The Morgan fingerprint density at radius 2 is 1.70 bits per heavy atom. The van der Waals surface area contributed by atoms with Crippen molar-refractivity contribution in [2.24, 2.45) is 0 Å². The molecule has 0 spiro atoms. The molecule has 0 aliphatic carbocycles. The van der Waals surface area contributed by atoms with Crippen LogP contribution in [-0.2, 0) is 9.47 Å². The Hall–Kier alpha value is -1.39. The zero-order valence-corrected chi connectivity index (χ0v) is 12.7. The van der Waals surface area contributed by atoms with Crippen molar-refractivity contribution in [1.29, 1.82) is 0 Å². The molecule has 112 valence electrons. The van der Waals surface area contributed by atoms with E-state index < -0.39 is 0 Å². The summed E-state index contributed by atoms with van der Waals surface area (Å²) in [7, 11) is 0. The van der Waals surface area contributed by atoms with Crippen molar-refractivity contribution in [3.8, 4) is 0 Å². The van der Waals surface area contributed by atoms with Gasteiger partial charge in [-0.15, -0.1) is 0 Å². The first-order valence-corrected chi connectivity index (χ1v) is 7.19. The Morgan fingerprint density at radius 1 is 1.10 bits per heavy atom. The van der Waals surface area contributed by atoms with E-state index in [-0.39, 0.29) is 0 Å². The lowest BCUT2D eigenvalue weighted by Gasteiger charge is -2.26. The molecule has 0 aliphatic heterocycles. The predicted octanol–water partition coefficient (Wildman–Crippen LogP) is 2.69. The minimum absolute atomic E-state index is 0.692. The first-order valence-electron chi connectivity index (χ1n) is 7.19. The zero-order chi connectivity index (χ0) is 14.8. The Balaban J connectivity index is 2.76. The van der Waals surface area contributed by atoms with Gasteiger partial charge >= 0.3 is 0 Å². The van der Waals surface area contributed by atoms with Gasteiger partial charge < -0.3 is 14.4 Å². The number of rotatable bonds is 10. The van der Waals surface area contributed by atoms with Gasteiger partial charge in [0.05, 0.1) is 13.2 Å². The lowest BCUT2D eigenvalue weighted by Crippen LogP contribution is -2.31. The topological polar surface area (TPSA) is 38.8 Å². The molecule has 0 radical (unpaired) electrons. The molecule has 0 saturated heterocycles. The van der Waals surface area contributed by atoms with Crippen LogP contribution in [0.4, 0.5) is 5.69 Å². The van der Waals surface area contributed by atoms with Crippen LogP contribution >= 0.6 is 0 Å². The monoisotopic (exact) mass is 279 g/mol. The summed E-state index contributed by atoms with van der Waals surface area (Å²) in [6.45, 7) is 10.5. The van der Waals surface area contributed by atoms with Crippen molar-refractivity contribution in [1.82, 2.24) is 0 Å². The molecule has 4 nitrogen and oxygen atoms in total. The maximum absolute atomic E-state index is 10.8. The van der Waals surface area contributed by atoms with Gasteiger partial charge in [0.1, 0.15) is 6.29 Å². The molecule has 0 atom stereocenters. The minimum atomic E-state index is 0.692. The van der Waals surface area contributed by atoms with Crippen LogP contribution in [0.3, 0.4) is 0 Å². The number of aldehydes is 1. The highest BCUT2D eigenvalue weighted by atomic mass is 16.5. The molecule has 1 rings (SSSR count). The Bertz CT molecular complexity index is 397. The van der Waals surface area contributed by atoms with Gasteiger partial charge in [-0.1, -0.05) is 0 Å². The number of nitrogens with zero attached hydrogens (tertiary/aromatic N) is 1. The molecular weight excluding hydrogens is 254 g/mol. The van der Waals surface area contributed by atoms with Crippen molar-refractivity contribution in [2.75, 3.05) is 44.4 Å². The van der Waals surface area contributed by atoms with Crippen LogP contribution in [0.2, 0.25) is 0 Å². The average molecular weight is 279 g/mol. The van der Waals surface area contributed by atoms with Crippen LogP contribution in [-0.4, -0.2) is 45.8 Å². The van der Waals surface area contributed by atoms with Crippen LogP contribution in [0.1, 0.15) is 29.8 Å². The quantitative estimate of drug-likeness (QED) is 0.487. The van der Waals surface area contributed by atoms with Crippen LogP contribution in [0.5, 0.6) is 0 Å². The highest BCUT2D eigenvalue weighted by molar-refractivity contribution is 5.76. The van der Waals surface area contributed by atoms with E-state index >= 15 is 0 Å². The van der Waals surface area contributed by atoms with Crippen LogP contribution in [0, 0.1) is 6.92 Å². The van der Waals surface area contributed by atoms with Gasteiger partial charge in [0.25, 0.3) is 0 Å². The third kappa shape index (κ3) is 5.31. The summed E-state index contributed by atoms with van der Waals surface area (Å²) < 4.78 is 10.9. The molecule has 0 saturated carbocycles. The van der Waals surface area contributed by atoms with Crippen LogP contribution in [0.15, 0.2) is 18.2 Å². The number of carbonyl (C=O) groups excluding carboxylic acids is 1. The predicted molar refractivity (Wildman–Crippen MR) is 81.8 cm³/mol. The van der Waals surface area contributed by atoms with E-state index in [0.717, 1.165) is 43.8 Å². The van der Waals surface area contributed by atoms with Crippen molar-refractivity contribution in [3.05, 3.63) is 29.3 Å².